The van der Waals surface area contributed by atoms with Gasteiger partial charge in [0.15, 0.2) is 0 Å². The fourth-order valence-electron chi connectivity index (χ4n) is 1.96. The van der Waals surface area contributed by atoms with Gasteiger partial charge in [-0.15, -0.1) is 0 Å². The zero-order valence-corrected chi connectivity index (χ0v) is 9.15. The Bertz CT molecular complexity index is 159. The van der Waals surface area contributed by atoms with E-state index in [-0.39, 0.29) is 12.8 Å². The van der Waals surface area contributed by atoms with Crippen molar-refractivity contribution in [3.63, 3.8) is 0 Å². The van der Waals surface area contributed by atoms with E-state index in [1.165, 1.54) is 0 Å². The van der Waals surface area contributed by atoms with Gasteiger partial charge in [-0.1, -0.05) is 13.8 Å². The second kappa shape index (κ2) is 5.06. The van der Waals surface area contributed by atoms with E-state index in [1.807, 2.05) is 0 Å². The molecule has 0 saturated heterocycles. The summed E-state index contributed by atoms with van der Waals surface area (Å²) in [6.07, 6.45) is 2.65. The Kier molecular flexibility index (Phi) is 4.30. The maximum atomic E-state index is 12.8. The molecule has 1 aliphatic carbocycles. The summed E-state index contributed by atoms with van der Waals surface area (Å²) < 4.78 is 25.6. The van der Waals surface area contributed by atoms with E-state index in [1.54, 1.807) is 0 Å². The van der Waals surface area contributed by atoms with Gasteiger partial charge in [-0.05, 0) is 31.7 Å². The summed E-state index contributed by atoms with van der Waals surface area (Å²) in [5, 5.41) is 3.33. The molecule has 1 nitrogen and oxygen atoms in total. The van der Waals surface area contributed by atoms with Gasteiger partial charge in [-0.25, -0.2) is 8.78 Å². The average Bonchev–Trinajstić information content (AvgIpc) is 2.07. The van der Waals surface area contributed by atoms with Crippen LogP contribution in [0.25, 0.3) is 0 Å². The van der Waals surface area contributed by atoms with Crippen LogP contribution in [0.1, 0.15) is 46.0 Å². The van der Waals surface area contributed by atoms with Gasteiger partial charge < -0.3 is 5.32 Å². The zero-order chi connectivity index (χ0) is 10.6. The van der Waals surface area contributed by atoms with Crippen LogP contribution in [0.3, 0.4) is 0 Å². The summed E-state index contributed by atoms with van der Waals surface area (Å²) in [7, 11) is 0. The molecule has 0 aromatic heterocycles. The van der Waals surface area contributed by atoms with Gasteiger partial charge in [-0.3, -0.25) is 0 Å². The molecule has 1 N–H and O–H groups in total. The van der Waals surface area contributed by atoms with Gasteiger partial charge >= 0.3 is 0 Å². The first kappa shape index (κ1) is 11.9. The molecule has 0 heterocycles. The fourth-order valence-corrected chi connectivity index (χ4v) is 1.96. The first-order chi connectivity index (χ1) is 6.49. The largest absolute Gasteiger partial charge is 0.315 e. The Morgan fingerprint density at radius 1 is 1.29 bits per heavy atom. The first-order valence-electron chi connectivity index (χ1n) is 5.61. The third-order valence-electron chi connectivity index (χ3n) is 2.94. The Labute approximate surface area is 85.3 Å². The summed E-state index contributed by atoms with van der Waals surface area (Å²) in [5.41, 5.74) is 0. The van der Waals surface area contributed by atoms with Crippen LogP contribution in [-0.2, 0) is 0 Å². The van der Waals surface area contributed by atoms with Crippen molar-refractivity contribution in [3.05, 3.63) is 0 Å². The number of rotatable bonds is 4. The standard InChI is InChI=1S/C11H21F2N/c1-9(2)14-8-5-10-3-6-11(12,13)7-4-10/h9-10,14H,3-8H2,1-2H3. The van der Waals surface area contributed by atoms with Crippen molar-refractivity contribution in [2.45, 2.75) is 57.9 Å². The fraction of sp³-hybridized carbons (Fsp3) is 1.00. The van der Waals surface area contributed by atoms with Crippen LogP contribution in [0.4, 0.5) is 8.78 Å². The first-order valence-corrected chi connectivity index (χ1v) is 5.61. The predicted octanol–water partition coefficient (Wildman–Crippen LogP) is 3.20. The molecule has 3 heteroatoms. The van der Waals surface area contributed by atoms with Crippen molar-refractivity contribution in [1.82, 2.24) is 5.32 Å². The number of hydrogen-bond donors (Lipinski definition) is 1. The average molecular weight is 205 g/mol. The highest BCUT2D eigenvalue weighted by Crippen LogP contribution is 2.37. The molecule has 0 amide bonds. The Morgan fingerprint density at radius 2 is 1.86 bits per heavy atom. The lowest BCUT2D eigenvalue weighted by Crippen LogP contribution is -2.29. The van der Waals surface area contributed by atoms with Crippen LogP contribution in [-0.4, -0.2) is 18.5 Å². The molecule has 0 spiro atoms. The highest BCUT2D eigenvalue weighted by Gasteiger charge is 2.34. The molecule has 14 heavy (non-hydrogen) atoms. The molecule has 0 bridgehead atoms. The normalized spacial score (nSPS) is 22.9. The smallest absolute Gasteiger partial charge is 0.248 e. The maximum Gasteiger partial charge on any atom is 0.248 e. The van der Waals surface area contributed by atoms with E-state index in [0.717, 1.165) is 13.0 Å². The van der Waals surface area contributed by atoms with Crippen LogP contribution >= 0.6 is 0 Å². The topological polar surface area (TPSA) is 12.0 Å². The maximum absolute atomic E-state index is 12.8. The molecule has 0 aromatic rings. The lowest BCUT2D eigenvalue weighted by atomic mass is 9.85. The second-order valence-corrected chi connectivity index (χ2v) is 4.70. The van der Waals surface area contributed by atoms with E-state index in [4.69, 9.17) is 0 Å². The number of halogens is 2. The van der Waals surface area contributed by atoms with Gasteiger partial charge in [0.05, 0.1) is 0 Å². The van der Waals surface area contributed by atoms with Crippen molar-refractivity contribution >= 4 is 0 Å². The molecule has 1 fully saturated rings. The third-order valence-corrected chi connectivity index (χ3v) is 2.94. The predicted molar refractivity (Wildman–Crippen MR) is 54.7 cm³/mol. The molecular formula is C11H21F2N. The van der Waals surface area contributed by atoms with E-state index >= 15 is 0 Å². The Balaban J connectivity index is 2.10. The molecular weight excluding hydrogens is 184 g/mol. The van der Waals surface area contributed by atoms with Gasteiger partial charge in [0.2, 0.25) is 5.92 Å². The molecule has 1 rings (SSSR count). The molecule has 1 aliphatic rings. The van der Waals surface area contributed by atoms with E-state index < -0.39 is 5.92 Å². The van der Waals surface area contributed by atoms with Crippen molar-refractivity contribution in [2.75, 3.05) is 6.54 Å². The molecule has 0 unspecified atom stereocenters. The zero-order valence-electron chi connectivity index (χ0n) is 9.15. The van der Waals surface area contributed by atoms with Crippen LogP contribution in [0.5, 0.6) is 0 Å². The number of hydrogen-bond acceptors (Lipinski definition) is 1. The van der Waals surface area contributed by atoms with E-state index in [9.17, 15) is 8.78 Å². The second-order valence-electron chi connectivity index (χ2n) is 4.70. The quantitative estimate of drug-likeness (QED) is 0.743. The molecule has 84 valence electrons. The minimum atomic E-state index is -2.37. The van der Waals surface area contributed by atoms with Gasteiger partial charge in [-0.2, -0.15) is 0 Å². The van der Waals surface area contributed by atoms with Crippen molar-refractivity contribution in [1.29, 1.82) is 0 Å². The third kappa shape index (κ3) is 4.36. The molecule has 0 atom stereocenters. The minimum Gasteiger partial charge on any atom is -0.315 e. The highest BCUT2D eigenvalue weighted by molar-refractivity contribution is 4.77. The van der Waals surface area contributed by atoms with Crippen LogP contribution < -0.4 is 5.32 Å². The monoisotopic (exact) mass is 205 g/mol. The summed E-state index contributed by atoms with van der Waals surface area (Å²) in [6, 6.07) is 0.500. The molecule has 0 radical (unpaired) electrons. The summed E-state index contributed by atoms with van der Waals surface area (Å²) in [4.78, 5) is 0. The molecule has 0 aromatic carbocycles. The lowest BCUT2D eigenvalue weighted by molar-refractivity contribution is -0.0464. The summed E-state index contributed by atoms with van der Waals surface area (Å²) in [6.45, 7) is 5.18. The van der Waals surface area contributed by atoms with Crippen LogP contribution in [0.2, 0.25) is 0 Å². The van der Waals surface area contributed by atoms with Gasteiger partial charge in [0.25, 0.3) is 0 Å². The van der Waals surface area contributed by atoms with Crippen LogP contribution in [0.15, 0.2) is 0 Å². The van der Waals surface area contributed by atoms with E-state index in [0.29, 0.717) is 24.8 Å². The number of nitrogens with one attached hydrogen (secondary N) is 1. The van der Waals surface area contributed by atoms with Gasteiger partial charge in [0, 0.05) is 18.9 Å². The SMILES string of the molecule is CC(C)NCCC1CCC(F)(F)CC1. The number of alkyl halides is 2. The minimum absolute atomic E-state index is 0.0966. The van der Waals surface area contributed by atoms with Crippen LogP contribution in [0, 0.1) is 5.92 Å². The lowest BCUT2D eigenvalue weighted by Gasteiger charge is -2.28. The Morgan fingerprint density at radius 3 is 2.36 bits per heavy atom. The van der Waals surface area contributed by atoms with Crippen molar-refractivity contribution < 1.29 is 8.78 Å². The highest BCUT2D eigenvalue weighted by atomic mass is 19.3. The van der Waals surface area contributed by atoms with Gasteiger partial charge in [0.1, 0.15) is 0 Å². The molecule has 0 aliphatic heterocycles. The van der Waals surface area contributed by atoms with E-state index in [2.05, 4.69) is 19.2 Å². The summed E-state index contributed by atoms with van der Waals surface area (Å²) >= 11 is 0. The van der Waals surface area contributed by atoms with Crippen molar-refractivity contribution in [3.8, 4) is 0 Å². The summed E-state index contributed by atoms with van der Waals surface area (Å²) in [5.74, 6) is -1.86. The Hall–Kier alpha value is -0.180. The van der Waals surface area contributed by atoms with Crippen molar-refractivity contribution in [2.24, 2.45) is 5.92 Å². The molecule has 1 saturated carbocycles.